The van der Waals surface area contributed by atoms with Crippen molar-refractivity contribution in [1.82, 2.24) is 10.2 Å². The summed E-state index contributed by atoms with van der Waals surface area (Å²) in [6.45, 7) is 0. The van der Waals surface area contributed by atoms with Gasteiger partial charge in [-0.1, -0.05) is 39.0 Å². The van der Waals surface area contributed by atoms with Crippen molar-refractivity contribution < 1.29 is 0 Å². The maximum absolute atomic E-state index is 4.18. The van der Waals surface area contributed by atoms with Crippen molar-refractivity contribution >= 4 is 44.2 Å². The summed E-state index contributed by atoms with van der Waals surface area (Å²) in [6.07, 6.45) is 2.70. The monoisotopic (exact) mass is 307 g/mol. The molecule has 0 spiro atoms. The fraction of sp³-hybridized carbons (Fsp3) is 0.778. The minimum absolute atomic E-state index is 0.550. The molecule has 6 heteroatoms. The molecule has 0 radical (unpaired) electrons. The number of anilines is 1. The van der Waals surface area contributed by atoms with Gasteiger partial charge >= 0.3 is 0 Å². The lowest BCUT2D eigenvalue weighted by molar-refractivity contribution is 0.686. The number of aromatic nitrogens is 2. The molecule has 0 amide bonds. The first-order valence-electron chi connectivity index (χ1n) is 4.85. The van der Waals surface area contributed by atoms with Crippen LogP contribution < -0.4 is 4.90 Å². The summed E-state index contributed by atoms with van der Waals surface area (Å²) >= 11 is 7.09. The van der Waals surface area contributed by atoms with Gasteiger partial charge in [0.2, 0.25) is 5.13 Å². The second-order valence-corrected chi connectivity index (χ2v) is 6.91. The predicted molar refractivity (Wildman–Crippen MR) is 70.4 cm³/mol. The molecular formula is C9H14BrN3S2. The van der Waals surface area contributed by atoms with E-state index in [2.05, 4.69) is 26.1 Å². The third-order valence-electron chi connectivity index (χ3n) is 2.52. The van der Waals surface area contributed by atoms with E-state index < -0.39 is 0 Å². The molecule has 3 nitrogen and oxygen atoms in total. The van der Waals surface area contributed by atoms with Gasteiger partial charge in [0.15, 0.2) is 4.34 Å². The molecule has 1 aliphatic carbocycles. The topological polar surface area (TPSA) is 29.0 Å². The molecule has 0 bridgehead atoms. The highest BCUT2D eigenvalue weighted by Crippen LogP contribution is 2.50. The van der Waals surface area contributed by atoms with Gasteiger partial charge in [-0.3, -0.25) is 0 Å². The summed E-state index contributed by atoms with van der Waals surface area (Å²) < 4.78 is 1.09. The molecule has 0 atom stereocenters. The summed E-state index contributed by atoms with van der Waals surface area (Å²) in [4.78, 5) is 2.00. The van der Waals surface area contributed by atoms with Crippen LogP contribution in [0.25, 0.3) is 0 Å². The van der Waals surface area contributed by atoms with Gasteiger partial charge in [-0.2, -0.15) is 0 Å². The van der Waals surface area contributed by atoms with E-state index in [0.29, 0.717) is 5.41 Å². The van der Waals surface area contributed by atoms with Gasteiger partial charge in [0, 0.05) is 25.2 Å². The highest BCUT2D eigenvalue weighted by molar-refractivity contribution is 9.09. The van der Waals surface area contributed by atoms with Crippen LogP contribution >= 0.6 is 39.0 Å². The van der Waals surface area contributed by atoms with Crippen LogP contribution in [0.4, 0.5) is 5.13 Å². The smallest absolute Gasteiger partial charge is 0.208 e. The Balaban J connectivity index is 1.88. The van der Waals surface area contributed by atoms with Crippen molar-refractivity contribution in [3.8, 4) is 0 Å². The van der Waals surface area contributed by atoms with Gasteiger partial charge < -0.3 is 4.90 Å². The van der Waals surface area contributed by atoms with Gasteiger partial charge in [0.05, 0.1) is 0 Å². The molecule has 1 aromatic heterocycles. The van der Waals surface area contributed by atoms with Gasteiger partial charge in [0.25, 0.3) is 0 Å². The number of thioether (sulfide) groups is 1. The lowest BCUT2D eigenvalue weighted by Crippen LogP contribution is -2.07. The summed E-state index contributed by atoms with van der Waals surface area (Å²) in [5, 5.41) is 10.4. The Labute approximate surface area is 107 Å². The fourth-order valence-corrected chi connectivity index (χ4v) is 4.23. The SMILES string of the molecule is CN(C)c1nnc(SCC2(CBr)CC2)s1. The Hall–Kier alpha value is 0.190. The summed E-state index contributed by atoms with van der Waals surface area (Å²) in [5.41, 5.74) is 0.550. The molecule has 84 valence electrons. The van der Waals surface area contributed by atoms with Crippen molar-refractivity contribution in [2.75, 3.05) is 30.1 Å². The average molecular weight is 308 g/mol. The van der Waals surface area contributed by atoms with Gasteiger partial charge in [-0.25, -0.2) is 0 Å². The summed E-state index contributed by atoms with van der Waals surface area (Å²) in [6, 6.07) is 0. The van der Waals surface area contributed by atoms with E-state index in [1.165, 1.54) is 18.6 Å². The van der Waals surface area contributed by atoms with E-state index >= 15 is 0 Å². The lowest BCUT2D eigenvalue weighted by Gasteiger charge is -2.07. The summed E-state index contributed by atoms with van der Waals surface area (Å²) in [7, 11) is 3.99. The Morgan fingerprint density at radius 3 is 2.67 bits per heavy atom. The molecule has 1 saturated carbocycles. The van der Waals surface area contributed by atoms with E-state index in [1.807, 2.05) is 30.8 Å². The van der Waals surface area contributed by atoms with Gasteiger partial charge in [-0.15, -0.1) is 10.2 Å². The van der Waals surface area contributed by atoms with Gasteiger partial charge in [-0.05, 0) is 18.3 Å². The molecule has 1 aliphatic rings. The lowest BCUT2D eigenvalue weighted by atomic mass is 10.2. The van der Waals surface area contributed by atoms with Crippen molar-refractivity contribution in [3.63, 3.8) is 0 Å². The van der Waals surface area contributed by atoms with Crippen LogP contribution in [0.5, 0.6) is 0 Å². The minimum Gasteiger partial charge on any atom is -0.353 e. The molecular weight excluding hydrogens is 294 g/mol. The number of nitrogens with zero attached hydrogens (tertiary/aromatic N) is 3. The Kier molecular flexibility index (Phi) is 3.57. The van der Waals surface area contributed by atoms with Crippen molar-refractivity contribution in [1.29, 1.82) is 0 Å². The zero-order valence-corrected chi connectivity index (χ0v) is 12.1. The van der Waals surface area contributed by atoms with Crippen molar-refractivity contribution in [3.05, 3.63) is 0 Å². The molecule has 0 aliphatic heterocycles. The zero-order valence-electron chi connectivity index (χ0n) is 8.86. The van der Waals surface area contributed by atoms with Crippen LogP contribution in [-0.4, -0.2) is 35.4 Å². The van der Waals surface area contributed by atoms with E-state index in [-0.39, 0.29) is 0 Å². The van der Waals surface area contributed by atoms with Crippen LogP contribution in [0.15, 0.2) is 4.34 Å². The van der Waals surface area contributed by atoms with Crippen LogP contribution in [0, 0.1) is 5.41 Å². The molecule has 1 aromatic rings. The molecule has 0 aromatic carbocycles. The maximum atomic E-state index is 4.18. The molecule has 1 fully saturated rings. The number of alkyl halides is 1. The number of hydrogen-bond acceptors (Lipinski definition) is 5. The zero-order chi connectivity index (χ0) is 10.9. The van der Waals surface area contributed by atoms with Crippen molar-refractivity contribution in [2.24, 2.45) is 5.41 Å². The quantitative estimate of drug-likeness (QED) is 0.618. The summed E-state index contributed by atoms with van der Waals surface area (Å²) in [5.74, 6) is 1.17. The molecule has 0 saturated heterocycles. The first-order valence-corrected chi connectivity index (χ1v) is 7.77. The number of hydrogen-bond donors (Lipinski definition) is 0. The van der Waals surface area contributed by atoms with Crippen molar-refractivity contribution in [2.45, 2.75) is 17.2 Å². The highest BCUT2D eigenvalue weighted by Gasteiger charge is 2.41. The van der Waals surface area contributed by atoms with Crippen LogP contribution in [0.2, 0.25) is 0 Å². The number of rotatable bonds is 5. The third kappa shape index (κ3) is 2.85. The number of halogens is 1. The second-order valence-electron chi connectivity index (χ2n) is 4.17. The third-order valence-corrected chi connectivity index (χ3v) is 6.28. The molecule has 0 unspecified atom stereocenters. The Bertz CT molecular complexity index is 336. The average Bonchev–Trinajstić information content (AvgIpc) is 2.85. The predicted octanol–water partition coefficient (Wildman–Crippen LogP) is 2.87. The normalized spacial score (nSPS) is 17.8. The van der Waals surface area contributed by atoms with E-state index in [0.717, 1.165) is 14.8 Å². The molecule has 1 heterocycles. The van der Waals surface area contributed by atoms with E-state index in [4.69, 9.17) is 0 Å². The van der Waals surface area contributed by atoms with Crippen LogP contribution in [0.1, 0.15) is 12.8 Å². The minimum atomic E-state index is 0.550. The van der Waals surface area contributed by atoms with E-state index in [1.54, 1.807) is 11.3 Å². The standard InChI is InChI=1S/C9H14BrN3S2/c1-13(2)7-11-12-8(15-7)14-6-9(5-10)3-4-9/h3-6H2,1-2H3. The fourth-order valence-electron chi connectivity index (χ4n) is 1.15. The van der Waals surface area contributed by atoms with E-state index in [9.17, 15) is 0 Å². The van der Waals surface area contributed by atoms with Gasteiger partial charge in [0.1, 0.15) is 0 Å². The Morgan fingerprint density at radius 1 is 1.47 bits per heavy atom. The molecule has 0 N–H and O–H groups in total. The van der Waals surface area contributed by atoms with Crippen LogP contribution in [-0.2, 0) is 0 Å². The molecule has 2 rings (SSSR count). The highest BCUT2D eigenvalue weighted by atomic mass is 79.9. The maximum Gasteiger partial charge on any atom is 0.208 e. The first kappa shape index (κ1) is 11.7. The largest absolute Gasteiger partial charge is 0.353 e. The van der Waals surface area contributed by atoms with Crippen LogP contribution in [0.3, 0.4) is 0 Å². The first-order chi connectivity index (χ1) is 7.15. The second kappa shape index (κ2) is 4.59. The Morgan fingerprint density at radius 2 is 2.20 bits per heavy atom. The molecule has 15 heavy (non-hydrogen) atoms.